The molecule has 2 aromatic carbocycles. The minimum absolute atomic E-state index is 0.136. The first kappa shape index (κ1) is 37.7. The Bertz CT molecular complexity index is 2390. The molecule has 0 unspecified atom stereocenters. The fourth-order valence-corrected chi connectivity index (χ4v) is 5.57. The molecule has 0 aliphatic carbocycles. The molecule has 53 heavy (non-hydrogen) atoms. The number of aromatic nitrogens is 6. The molecule has 0 saturated heterocycles. The van der Waals surface area contributed by atoms with Crippen molar-refractivity contribution in [2.45, 2.75) is 66.4 Å². The van der Waals surface area contributed by atoms with Gasteiger partial charge in [0.1, 0.15) is 18.3 Å². The van der Waals surface area contributed by atoms with Gasteiger partial charge in [0, 0.05) is 38.3 Å². The molecule has 16 nitrogen and oxygen atoms in total. The normalized spacial score (nSPS) is 11.1. The van der Waals surface area contributed by atoms with Crippen LogP contribution in [0.1, 0.15) is 54.4 Å². The fourth-order valence-electron chi connectivity index (χ4n) is 5.57. The molecular weight excluding hydrogens is 680 g/mol. The van der Waals surface area contributed by atoms with Crippen molar-refractivity contribution in [2.24, 2.45) is 5.73 Å². The molecule has 6 aromatic rings. The van der Waals surface area contributed by atoms with E-state index in [2.05, 4.69) is 35.9 Å². The predicted molar refractivity (Wildman–Crippen MR) is 200 cm³/mol. The van der Waals surface area contributed by atoms with E-state index in [1.54, 1.807) is 34.6 Å². The number of nitrogens with zero attached hydrogens (tertiary/aromatic N) is 6. The van der Waals surface area contributed by atoms with Crippen LogP contribution in [0.25, 0.3) is 22.1 Å². The third-order valence-electron chi connectivity index (χ3n) is 8.14. The van der Waals surface area contributed by atoms with E-state index in [1.165, 1.54) is 24.8 Å². The number of alkyl carbamates (subject to hydrolysis) is 1. The first-order valence-corrected chi connectivity index (χ1v) is 16.7. The molecule has 0 saturated carbocycles. The lowest BCUT2D eigenvalue weighted by Crippen LogP contribution is -2.32. The van der Waals surface area contributed by atoms with Crippen molar-refractivity contribution >= 4 is 39.5 Å². The monoisotopic (exact) mass is 722 g/mol. The lowest BCUT2D eigenvalue weighted by atomic mass is 10.1. The minimum atomic E-state index is -0.594. The van der Waals surface area contributed by atoms with E-state index in [0.29, 0.717) is 69.2 Å². The molecule has 276 valence electrons. The molecule has 0 aliphatic rings. The van der Waals surface area contributed by atoms with Crippen LogP contribution >= 0.6 is 0 Å². The van der Waals surface area contributed by atoms with Crippen LogP contribution in [0.3, 0.4) is 0 Å². The van der Waals surface area contributed by atoms with Gasteiger partial charge in [0.15, 0.2) is 11.3 Å². The average molecular weight is 723 g/mol. The van der Waals surface area contributed by atoms with Gasteiger partial charge in [0.2, 0.25) is 0 Å². The molecule has 0 aliphatic heterocycles. The Kier molecular flexibility index (Phi) is 11.5. The maximum Gasteiger partial charge on any atom is 0.407 e. The van der Waals surface area contributed by atoms with Crippen molar-refractivity contribution in [3.63, 3.8) is 0 Å². The second-order valence-corrected chi connectivity index (χ2v) is 13.0. The van der Waals surface area contributed by atoms with E-state index in [-0.39, 0.29) is 11.3 Å². The van der Waals surface area contributed by atoms with Crippen LogP contribution in [0.4, 0.5) is 16.2 Å². The Hall–Kier alpha value is -6.55. The van der Waals surface area contributed by atoms with Crippen LogP contribution < -0.4 is 32.8 Å². The number of anilines is 2. The van der Waals surface area contributed by atoms with Gasteiger partial charge in [-0.1, -0.05) is 48.5 Å². The van der Waals surface area contributed by atoms with Gasteiger partial charge in [-0.05, 0) is 56.9 Å². The molecule has 16 heteroatoms. The molecule has 7 N–H and O–H groups in total. The molecule has 0 radical (unpaired) electrons. The first-order valence-electron chi connectivity index (χ1n) is 16.7. The smallest absolute Gasteiger partial charge is 0.407 e. The van der Waals surface area contributed by atoms with Crippen molar-refractivity contribution in [3.05, 3.63) is 128 Å². The number of nitrogens with one attached hydrogen (secondary N) is 3. The molecule has 0 atom stereocenters. The Balaban J connectivity index is 0.000000211. The summed E-state index contributed by atoms with van der Waals surface area (Å²) in [7, 11) is 0. The molecule has 6 rings (SSSR count). The van der Waals surface area contributed by atoms with E-state index >= 15 is 0 Å². The minimum Gasteiger partial charge on any atom is -0.444 e. The highest BCUT2D eigenvalue weighted by Crippen LogP contribution is 2.24. The Morgan fingerprint density at radius 2 is 1.13 bits per heavy atom. The summed E-state index contributed by atoms with van der Waals surface area (Å²) in [4.78, 5) is 52.2. The second-order valence-electron chi connectivity index (χ2n) is 13.0. The van der Waals surface area contributed by atoms with Crippen LogP contribution in [0.15, 0.2) is 82.9 Å². The van der Waals surface area contributed by atoms with Gasteiger partial charge in [0.25, 0.3) is 11.1 Å². The van der Waals surface area contributed by atoms with Crippen molar-refractivity contribution in [1.82, 2.24) is 34.7 Å². The zero-order chi connectivity index (χ0) is 38.3. The molecule has 4 heterocycles. The predicted octanol–water partition coefficient (Wildman–Crippen LogP) is 4.38. The van der Waals surface area contributed by atoms with Crippen molar-refractivity contribution < 1.29 is 19.9 Å². The Labute approximate surface area is 304 Å². The molecule has 0 spiro atoms. The summed E-state index contributed by atoms with van der Waals surface area (Å²) in [6.07, 6.45) is 2.12. The molecule has 4 aromatic heterocycles. The Morgan fingerprint density at radius 1 is 0.717 bits per heavy atom. The van der Waals surface area contributed by atoms with Crippen LogP contribution in [0.2, 0.25) is 0 Å². The SMILES string of the molecule is Cc1ncnc2c1c(NCc1ccccc1CN)cc(=O)n2O.Cc1ncnc2c1c(NCc1ccccc1CNC(=O)OC(C)(C)C)cc(=O)n2O. The van der Waals surface area contributed by atoms with Crippen molar-refractivity contribution in [3.8, 4) is 0 Å². The highest BCUT2D eigenvalue weighted by molar-refractivity contribution is 5.91. The van der Waals surface area contributed by atoms with Gasteiger partial charge < -0.3 is 36.8 Å². The number of ether oxygens (including phenoxy) is 1. The largest absolute Gasteiger partial charge is 0.444 e. The Morgan fingerprint density at radius 3 is 1.57 bits per heavy atom. The zero-order valence-electron chi connectivity index (χ0n) is 30.0. The number of rotatable bonds is 9. The fraction of sp³-hybridized carbons (Fsp3) is 0.270. The van der Waals surface area contributed by atoms with Crippen molar-refractivity contribution in [1.29, 1.82) is 0 Å². The quantitative estimate of drug-likeness (QED) is 0.114. The van der Waals surface area contributed by atoms with Gasteiger partial charge in [-0.15, -0.1) is 9.46 Å². The summed E-state index contributed by atoms with van der Waals surface area (Å²) in [6.45, 7) is 10.6. The highest BCUT2D eigenvalue weighted by Gasteiger charge is 2.17. The first-order chi connectivity index (χ1) is 25.3. The molecular formula is C37H42N10O6. The number of hydrogen-bond donors (Lipinski definition) is 6. The summed E-state index contributed by atoms with van der Waals surface area (Å²) in [6, 6.07) is 18.1. The van der Waals surface area contributed by atoms with E-state index in [9.17, 15) is 24.8 Å². The lowest BCUT2D eigenvalue weighted by Gasteiger charge is -2.20. The van der Waals surface area contributed by atoms with Gasteiger partial charge in [-0.25, -0.2) is 24.7 Å². The van der Waals surface area contributed by atoms with Gasteiger partial charge in [0.05, 0.1) is 33.5 Å². The summed E-state index contributed by atoms with van der Waals surface area (Å²) < 4.78 is 6.31. The number of aryl methyl sites for hydroxylation is 2. The summed E-state index contributed by atoms with van der Waals surface area (Å²) in [5.41, 5.74) is 10.7. The summed E-state index contributed by atoms with van der Waals surface area (Å²) in [5, 5.41) is 30.2. The van der Waals surface area contributed by atoms with Gasteiger partial charge in [-0.2, -0.15) is 0 Å². The van der Waals surface area contributed by atoms with E-state index in [4.69, 9.17) is 10.5 Å². The zero-order valence-corrected chi connectivity index (χ0v) is 30.0. The van der Waals surface area contributed by atoms with Crippen molar-refractivity contribution in [2.75, 3.05) is 10.6 Å². The lowest BCUT2D eigenvalue weighted by molar-refractivity contribution is 0.0523. The number of benzene rings is 2. The number of pyridine rings is 2. The number of carbonyl (C=O) groups excluding carboxylic acids is 1. The summed E-state index contributed by atoms with van der Waals surface area (Å²) in [5.74, 6) is 0. The summed E-state index contributed by atoms with van der Waals surface area (Å²) >= 11 is 0. The number of hydrogen-bond acceptors (Lipinski definition) is 13. The van der Waals surface area contributed by atoms with Crippen LogP contribution in [-0.4, -0.2) is 51.5 Å². The standard InChI is InChI=1S/C21H25N5O4.C16H17N5O2/c1-13-18-16(9-17(27)26(29)19(18)25-12-24-13)22-10-14-7-5-6-8-15(14)11-23-20(28)30-21(2,3)4;1-10-15-13(6-14(22)21(23)16(15)20-9-19-10)18-8-12-5-3-2-4-11(12)7-17/h5-9,12,22,29H,10-11H2,1-4H3,(H,23,28);2-6,9,18,23H,7-8,17H2,1H3. The third kappa shape index (κ3) is 9.04. The topological polar surface area (TPSA) is 224 Å². The average Bonchev–Trinajstić information content (AvgIpc) is 3.12. The van der Waals surface area contributed by atoms with Crippen LogP contribution in [0, 0.1) is 13.8 Å². The van der Waals surface area contributed by atoms with Gasteiger partial charge in [-0.3, -0.25) is 9.59 Å². The second kappa shape index (κ2) is 16.2. The molecule has 0 bridgehead atoms. The van der Waals surface area contributed by atoms with Gasteiger partial charge >= 0.3 is 6.09 Å². The molecule has 0 fully saturated rings. The third-order valence-corrected chi connectivity index (χ3v) is 8.14. The van der Waals surface area contributed by atoms with E-state index in [0.717, 1.165) is 22.3 Å². The van der Waals surface area contributed by atoms with E-state index in [1.807, 2.05) is 48.5 Å². The molecule has 1 amide bonds. The highest BCUT2D eigenvalue weighted by atomic mass is 16.6. The van der Waals surface area contributed by atoms with E-state index < -0.39 is 22.8 Å². The maximum atomic E-state index is 12.1. The number of amides is 1. The number of carbonyl (C=O) groups is 1. The number of nitrogens with two attached hydrogens (primary N) is 1. The van der Waals surface area contributed by atoms with Crippen LogP contribution in [-0.2, 0) is 30.9 Å². The van der Waals surface area contributed by atoms with Crippen LogP contribution in [0.5, 0.6) is 0 Å². The maximum absolute atomic E-state index is 12.1. The number of fused-ring (bicyclic) bond motifs is 2.